The third-order valence-electron chi connectivity index (χ3n) is 2.01. The molecule has 0 aliphatic carbocycles. The van der Waals surface area contributed by atoms with Gasteiger partial charge in [-0.2, -0.15) is 0 Å². The topological polar surface area (TPSA) is 82.2 Å². The third-order valence-corrected chi connectivity index (χ3v) is 2.01. The van der Waals surface area contributed by atoms with Gasteiger partial charge in [-0.15, -0.1) is 0 Å². The summed E-state index contributed by atoms with van der Waals surface area (Å²) in [6.07, 6.45) is 3.16. The molecule has 6 heteroatoms. The lowest BCUT2D eigenvalue weighted by atomic mass is 10.3. The summed E-state index contributed by atoms with van der Waals surface area (Å²) in [5, 5.41) is 2.94. The van der Waals surface area contributed by atoms with Gasteiger partial charge in [-0.3, -0.25) is 4.79 Å². The van der Waals surface area contributed by atoms with Gasteiger partial charge in [0, 0.05) is 33.1 Å². The summed E-state index contributed by atoms with van der Waals surface area (Å²) < 4.78 is 6.41. The number of hydrogen-bond donors (Lipinski definition) is 2. The Balaban J connectivity index is 2.79. The Bertz CT molecular complexity index is 363. The molecule has 3 N–H and O–H groups in total. The zero-order valence-corrected chi connectivity index (χ0v) is 8.93. The number of ether oxygens (including phenoxy) is 1. The molecule has 0 aliphatic rings. The van der Waals surface area contributed by atoms with Crippen molar-refractivity contribution in [2.45, 2.75) is 6.04 Å². The molecule has 0 amide bonds. The van der Waals surface area contributed by atoms with Gasteiger partial charge in [0.05, 0.1) is 12.6 Å². The minimum Gasteiger partial charge on any atom is -0.383 e. The van der Waals surface area contributed by atoms with E-state index in [0.29, 0.717) is 19.0 Å². The van der Waals surface area contributed by atoms with Crippen LogP contribution < -0.4 is 16.6 Å². The van der Waals surface area contributed by atoms with Crippen molar-refractivity contribution in [1.82, 2.24) is 9.55 Å². The van der Waals surface area contributed by atoms with Gasteiger partial charge in [-0.05, 0) is 0 Å². The molecule has 0 spiro atoms. The van der Waals surface area contributed by atoms with Gasteiger partial charge in [-0.25, -0.2) is 4.98 Å². The summed E-state index contributed by atoms with van der Waals surface area (Å²) in [5.74, 6) is 0.299. The van der Waals surface area contributed by atoms with Crippen LogP contribution in [0.25, 0.3) is 0 Å². The Hall–Kier alpha value is -1.40. The Morgan fingerprint density at radius 1 is 1.73 bits per heavy atom. The monoisotopic (exact) mass is 212 g/mol. The highest BCUT2D eigenvalue weighted by atomic mass is 16.5. The van der Waals surface area contributed by atoms with Crippen molar-refractivity contribution in [2.24, 2.45) is 12.8 Å². The fraction of sp³-hybridized carbons (Fsp3) is 0.556. The molecule has 0 saturated heterocycles. The van der Waals surface area contributed by atoms with Gasteiger partial charge in [0.25, 0.3) is 5.56 Å². The second kappa shape index (κ2) is 5.47. The Kier molecular flexibility index (Phi) is 4.26. The van der Waals surface area contributed by atoms with Crippen molar-refractivity contribution in [3.63, 3.8) is 0 Å². The summed E-state index contributed by atoms with van der Waals surface area (Å²) in [5.41, 5.74) is 5.34. The molecule has 0 aliphatic heterocycles. The highest BCUT2D eigenvalue weighted by Gasteiger charge is 2.09. The van der Waals surface area contributed by atoms with Crippen molar-refractivity contribution < 1.29 is 4.74 Å². The number of nitrogens with two attached hydrogens (primary N) is 1. The van der Waals surface area contributed by atoms with Crippen LogP contribution in [0.4, 0.5) is 5.82 Å². The largest absolute Gasteiger partial charge is 0.383 e. The van der Waals surface area contributed by atoms with Crippen LogP contribution in [0, 0.1) is 0 Å². The maximum atomic E-state index is 11.6. The van der Waals surface area contributed by atoms with E-state index in [-0.39, 0.29) is 11.6 Å². The van der Waals surface area contributed by atoms with E-state index in [0.717, 1.165) is 0 Å². The normalized spacial score (nSPS) is 12.5. The molecule has 1 unspecified atom stereocenters. The number of aromatic nitrogens is 2. The lowest BCUT2D eigenvalue weighted by Crippen LogP contribution is -2.36. The quantitative estimate of drug-likeness (QED) is 0.665. The van der Waals surface area contributed by atoms with Crippen LogP contribution in [0.5, 0.6) is 0 Å². The molecule has 6 nitrogen and oxygen atoms in total. The number of anilines is 1. The van der Waals surface area contributed by atoms with E-state index in [2.05, 4.69) is 10.3 Å². The van der Waals surface area contributed by atoms with Gasteiger partial charge in [-0.1, -0.05) is 0 Å². The Morgan fingerprint density at radius 3 is 3.07 bits per heavy atom. The first-order chi connectivity index (χ1) is 7.19. The standard InChI is InChI=1S/C9H16N4O2/c1-13-4-3-11-8(9(13)14)12-7(5-10)6-15-2/h3-4,7H,5-6,10H2,1-2H3,(H,11,12). The number of hydrogen-bond acceptors (Lipinski definition) is 5. The predicted octanol–water partition coefficient (Wildman–Crippen LogP) is -0.834. The Labute approximate surface area is 88.1 Å². The van der Waals surface area contributed by atoms with E-state index in [1.54, 1.807) is 26.6 Å². The van der Waals surface area contributed by atoms with E-state index >= 15 is 0 Å². The summed E-state index contributed by atoms with van der Waals surface area (Å²) in [4.78, 5) is 15.5. The summed E-state index contributed by atoms with van der Waals surface area (Å²) in [6, 6.07) is -0.0994. The second-order valence-corrected chi connectivity index (χ2v) is 3.22. The average molecular weight is 212 g/mol. The lowest BCUT2D eigenvalue weighted by Gasteiger charge is -2.15. The van der Waals surface area contributed by atoms with Crippen molar-refractivity contribution in [2.75, 3.05) is 25.6 Å². The number of rotatable bonds is 5. The van der Waals surface area contributed by atoms with Crippen LogP contribution in [-0.2, 0) is 11.8 Å². The molecule has 15 heavy (non-hydrogen) atoms. The first-order valence-electron chi connectivity index (χ1n) is 4.66. The number of nitrogens with one attached hydrogen (secondary N) is 1. The smallest absolute Gasteiger partial charge is 0.293 e. The van der Waals surface area contributed by atoms with Crippen LogP contribution in [-0.4, -0.2) is 35.9 Å². The van der Waals surface area contributed by atoms with Crippen LogP contribution in [0.15, 0.2) is 17.2 Å². The molecular weight excluding hydrogens is 196 g/mol. The number of nitrogens with zero attached hydrogens (tertiary/aromatic N) is 2. The van der Waals surface area contributed by atoms with Crippen molar-refractivity contribution in [3.05, 3.63) is 22.7 Å². The molecule has 0 aromatic carbocycles. The van der Waals surface area contributed by atoms with Crippen molar-refractivity contribution in [3.8, 4) is 0 Å². The average Bonchev–Trinajstić information content (AvgIpc) is 2.24. The first kappa shape index (κ1) is 11.7. The third kappa shape index (κ3) is 3.03. The molecule has 0 saturated carbocycles. The van der Waals surface area contributed by atoms with E-state index in [1.165, 1.54) is 4.57 Å². The molecule has 1 aromatic rings. The van der Waals surface area contributed by atoms with Gasteiger partial charge < -0.3 is 20.4 Å². The fourth-order valence-electron chi connectivity index (χ4n) is 1.16. The SMILES string of the molecule is COCC(CN)Nc1nccn(C)c1=O. The van der Waals surface area contributed by atoms with E-state index in [9.17, 15) is 4.79 Å². The fourth-order valence-corrected chi connectivity index (χ4v) is 1.16. The minimum atomic E-state index is -0.174. The van der Waals surface area contributed by atoms with Gasteiger partial charge in [0.15, 0.2) is 5.82 Å². The van der Waals surface area contributed by atoms with Crippen molar-refractivity contribution in [1.29, 1.82) is 0 Å². The molecule has 0 fully saturated rings. The molecule has 84 valence electrons. The number of aryl methyl sites for hydroxylation is 1. The Morgan fingerprint density at radius 2 is 2.47 bits per heavy atom. The van der Waals surface area contributed by atoms with Gasteiger partial charge in [0.2, 0.25) is 0 Å². The highest BCUT2D eigenvalue weighted by molar-refractivity contribution is 5.32. The van der Waals surface area contributed by atoms with E-state index in [4.69, 9.17) is 10.5 Å². The molecule has 1 rings (SSSR count). The maximum Gasteiger partial charge on any atom is 0.293 e. The minimum absolute atomic E-state index is 0.0994. The summed E-state index contributed by atoms with van der Waals surface area (Å²) >= 11 is 0. The second-order valence-electron chi connectivity index (χ2n) is 3.22. The molecular formula is C9H16N4O2. The molecule has 0 bridgehead atoms. The molecule has 1 heterocycles. The van der Waals surface area contributed by atoms with Crippen molar-refractivity contribution >= 4 is 5.82 Å². The molecule has 0 radical (unpaired) electrons. The maximum absolute atomic E-state index is 11.6. The molecule has 1 aromatic heterocycles. The first-order valence-corrected chi connectivity index (χ1v) is 4.66. The highest BCUT2D eigenvalue weighted by Crippen LogP contribution is 1.96. The lowest BCUT2D eigenvalue weighted by molar-refractivity contribution is 0.187. The zero-order valence-electron chi connectivity index (χ0n) is 8.93. The van der Waals surface area contributed by atoms with Crippen LogP contribution in [0.2, 0.25) is 0 Å². The van der Waals surface area contributed by atoms with E-state index in [1.807, 2.05) is 0 Å². The van der Waals surface area contributed by atoms with Gasteiger partial charge >= 0.3 is 0 Å². The van der Waals surface area contributed by atoms with E-state index < -0.39 is 0 Å². The van der Waals surface area contributed by atoms with Crippen LogP contribution in [0.1, 0.15) is 0 Å². The van der Waals surface area contributed by atoms with Gasteiger partial charge in [0.1, 0.15) is 0 Å². The summed E-state index contributed by atoms with van der Waals surface area (Å²) in [6.45, 7) is 0.823. The van der Waals surface area contributed by atoms with Crippen LogP contribution >= 0.6 is 0 Å². The number of methoxy groups -OCH3 is 1. The summed E-state index contributed by atoms with van der Waals surface area (Å²) in [7, 11) is 3.25. The van der Waals surface area contributed by atoms with Crippen LogP contribution in [0.3, 0.4) is 0 Å². The zero-order chi connectivity index (χ0) is 11.3. The molecule has 1 atom stereocenters. The predicted molar refractivity (Wildman–Crippen MR) is 57.8 cm³/mol.